The van der Waals surface area contributed by atoms with Crippen LogP contribution in [-0.4, -0.2) is 32.9 Å². The van der Waals surface area contributed by atoms with E-state index < -0.39 is 0 Å². The molecule has 3 aromatic rings. The lowest BCUT2D eigenvalue weighted by molar-refractivity contribution is -0.123. The summed E-state index contributed by atoms with van der Waals surface area (Å²) in [4.78, 5) is 12.0. The van der Waals surface area contributed by atoms with E-state index in [9.17, 15) is 4.79 Å². The molecule has 3 aromatic carbocycles. The van der Waals surface area contributed by atoms with Gasteiger partial charge in [0.15, 0.2) is 6.61 Å². The predicted octanol–water partition coefficient (Wildman–Crippen LogP) is 4.04. The van der Waals surface area contributed by atoms with E-state index in [0.29, 0.717) is 16.5 Å². The number of halogens is 1. The van der Waals surface area contributed by atoms with Crippen LogP contribution in [-0.2, 0) is 4.79 Å². The second-order valence-corrected chi connectivity index (χ2v) is 6.24. The van der Waals surface area contributed by atoms with Gasteiger partial charge in [-0.1, -0.05) is 23.7 Å². The highest BCUT2D eigenvalue weighted by molar-refractivity contribution is 6.30. The number of methoxy groups -OCH3 is 2. The summed E-state index contributed by atoms with van der Waals surface area (Å²) in [5.74, 6) is 1.52. The summed E-state index contributed by atoms with van der Waals surface area (Å²) in [6.45, 7) is -0.167. The standard InChI is InChI=1S/C21H19ClN2O4/c1-26-17-7-3-14-4-10-20(27-2)19(18(14)11-17)12-23-24-21(25)13-28-16-8-5-15(22)6-9-16/h3-12H,13H2,1-2H3,(H,24,25)/b23-12-. The van der Waals surface area contributed by atoms with Gasteiger partial charge in [-0.15, -0.1) is 0 Å². The fourth-order valence-corrected chi connectivity index (χ4v) is 2.75. The van der Waals surface area contributed by atoms with Gasteiger partial charge < -0.3 is 14.2 Å². The zero-order valence-corrected chi connectivity index (χ0v) is 16.2. The maximum atomic E-state index is 12.0. The van der Waals surface area contributed by atoms with Crippen molar-refractivity contribution in [3.8, 4) is 17.2 Å². The van der Waals surface area contributed by atoms with Crippen molar-refractivity contribution < 1.29 is 19.0 Å². The van der Waals surface area contributed by atoms with E-state index in [2.05, 4.69) is 10.5 Å². The maximum absolute atomic E-state index is 12.0. The molecule has 0 spiro atoms. The molecule has 0 atom stereocenters. The Labute approximate surface area is 167 Å². The van der Waals surface area contributed by atoms with E-state index in [1.54, 1.807) is 44.7 Å². The van der Waals surface area contributed by atoms with Gasteiger partial charge in [0.2, 0.25) is 0 Å². The number of hydrazone groups is 1. The van der Waals surface area contributed by atoms with Gasteiger partial charge >= 0.3 is 0 Å². The van der Waals surface area contributed by atoms with Crippen LogP contribution in [0.5, 0.6) is 17.2 Å². The fraction of sp³-hybridized carbons (Fsp3) is 0.143. The van der Waals surface area contributed by atoms with Gasteiger partial charge in [-0.25, -0.2) is 5.43 Å². The molecule has 0 aliphatic rings. The number of rotatable bonds is 7. The Morgan fingerprint density at radius 1 is 1.04 bits per heavy atom. The van der Waals surface area contributed by atoms with E-state index in [0.717, 1.165) is 22.1 Å². The lowest BCUT2D eigenvalue weighted by Gasteiger charge is -2.10. The minimum absolute atomic E-state index is 0.167. The molecule has 0 saturated carbocycles. The van der Waals surface area contributed by atoms with Crippen LogP contribution in [0.4, 0.5) is 0 Å². The molecule has 0 aliphatic heterocycles. The van der Waals surface area contributed by atoms with E-state index in [1.165, 1.54) is 0 Å². The van der Waals surface area contributed by atoms with Crippen molar-refractivity contribution in [3.05, 3.63) is 65.2 Å². The van der Waals surface area contributed by atoms with Crippen molar-refractivity contribution >= 4 is 34.5 Å². The number of carbonyl (C=O) groups excluding carboxylic acids is 1. The number of nitrogens with zero attached hydrogens (tertiary/aromatic N) is 1. The van der Waals surface area contributed by atoms with Gasteiger partial charge in [0.25, 0.3) is 5.91 Å². The Morgan fingerprint density at radius 3 is 2.46 bits per heavy atom. The van der Waals surface area contributed by atoms with Crippen molar-refractivity contribution in [1.29, 1.82) is 0 Å². The molecule has 0 heterocycles. The topological polar surface area (TPSA) is 69.2 Å². The minimum atomic E-state index is -0.386. The van der Waals surface area contributed by atoms with E-state index >= 15 is 0 Å². The predicted molar refractivity (Wildman–Crippen MR) is 110 cm³/mol. The molecular formula is C21H19ClN2O4. The molecule has 1 N–H and O–H groups in total. The molecule has 7 heteroatoms. The van der Waals surface area contributed by atoms with Crippen LogP contribution in [0.2, 0.25) is 5.02 Å². The molecular weight excluding hydrogens is 380 g/mol. The Bertz CT molecular complexity index is 998. The second kappa shape index (κ2) is 9.10. The molecule has 0 unspecified atom stereocenters. The first-order valence-electron chi connectivity index (χ1n) is 8.45. The van der Waals surface area contributed by atoms with Crippen LogP contribution in [0.3, 0.4) is 0 Å². The highest BCUT2D eigenvalue weighted by Crippen LogP contribution is 2.29. The summed E-state index contributed by atoms with van der Waals surface area (Å²) in [6, 6.07) is 16.3. The summed E-state index contributed by atoms with van der Waals surface area (Å²) >= 11 is 5.81. The highest BCUT2D eigenvalue weighted by Gasteiger charge is 2.08. The Kier molecular flexibility index (Phi) is 6.34. The van der Waals surface area contributed by atoms with Crippen LogP contribution < -0.4 is 19.6 Å². The first-order valence-corrected chi connectivity index (χ1v) is 8.83. The Morgan fingerprint density at radius 2 is 1.75 bits per heavy atom. The lowest BCUT2D eigenvalue weighted by Crippen LogP contribution is -2.24. The number of amides is 1. The van der Waals surface area contributed by atoms with Gasteiger partial charge in [-0.05, 0) is 53.2 Å². The fourth-order valence-electron chi connectivity index (χ4n) is 2.62. The molecule has 28 heavy (non-hydrogen) atoms. The molecule has 0 bridgehead atoms. The van der Waals surface area contributed by atoms with E-state index in [4.69, 9.17) is 25.8 Å². The largest absolute Gasteiger partial charge is 0.497 e. The quantitative estimate of drug-likeness (QED) is 0.481. The van der Waals surface area contributed by atoms with Gasteiger partial charge in [0.1, 0.15) is 17.2 Å². The molecule has 0 saturated heterocycles. The third kappa shape index (κ3) is 4.72. The minimum Gasteiger partial charge on any atom is -0.497 e. The van der Waals surface area contributed by atoms with Crippen molar-refractivity contribution in [2.24, 2.45) is 5.10 Å². The normalized spacial score (nSPS) is 10.8. The zero-order chi connectivity index (χ0) is 19.9. The van der Waals surface area contributed by atoms with Crippen LogP contribution in [0.15, 0.2) is 59.7 Å². The average molecular weight is 399 g/mol. The number of benzene rings is 3. The first kappa shape index (κ1) is 19.5. The summed E-state index contributed by atoms with van der Waals surface area (Å²) < 4.78 is 16.1. The number of ether oxygens (including phenoxy) is 3. The third-order valence-corrected chi connectivity index (χ3v) is 4.27. The van der Waals surface area contributed by atoms with Gasteiger partial charge in [-0.3, -0.25) is 4.79 Å². The van der Waals surface area contributed by atoms with Crippen molar-refractivity contribution in [1.82, 2.24) is 5.43 Å². The summed E-state index contributed by atoms with van der Waals surface area (Å²) in [5, 5.41) is 6.53. The molecule has 144 valence electrons. The number of hydrogen-bond acceptors (Lipinski definition) is 5. The van der Waals surface area contributed by atoms with Gasteiger partial charge in [0.05, 0.1) is 20.4 Å². The van der Waals surface area contributed by atoms with Crippen LogP contribution in [0.25, 0.3) is 10.8 Å². The Hall–Kier alpha value is -3.25. The van der Waals surface area contributed by atoms with Crippen molar-refractivity contribution in [2.45, 2.75) is 0 Å². The second-order valence-electron chi connectivity index (χ2n) is 5.80. The number of carbonyl (C=O) groups is 1. The summed E-state index contributed by atoms with van der Waals surface area (Å²) in [7, 11) is 3.19. The monoisotopic (exact) mass is 398 g/mol. The maximum Gasteiger partial charge on any atom is 0.277 e. The number of hydrogen-bond donors (Lipinski definition) is 1. The summed E-state index contributed by atoms with van der Waals surface area (Å²) in [6.07, 6.45) is 1.54. The summed E-state index contributed by atoms with van der Waals surface area (Å²) in [5.41, 5.74) is 3.18. The molecule has 0 radical (unpaired) electrons. The molecule has 6 nitrogen and oxygen atoms in total. The van der Waals surface area contributed by atoms with Crippen molar-refractivity contribution in [3.63, 3.8) is 0 Å². The number of nitrogens with one attached hydrogen (secondary N) is 1. The Balaban J connectivity index is 1.71. The molecule has 0 aliphatic carbocycles. The van der Waals surface area contributed by atoms with Crippen molar-refractivity contribution in [2.75, 3.05) is 20.8 Å². The van der Waals surface area contributed by atoms with Crippen LogP contribution in [0.1, 0.15) is 5.56 Å². The van der Waals surface area contributed by atoms with E-state index in [-0.39, 0.29) is 12.5 Å². The lowest BCUT2D eigenvalue weighted by atomic mass is 10.0. The molecule has 1 amide bonds. The molecule has 0 aromatic heterocycles. The highest BCUT2D eigenvalue weighted by atomic mass is 35.5. The van der Waals surface area contributed by atoms with Crippen LogP contribution in [0, 0.1) is 0 Å². The first-order chi connectivity index (χ1) is 13.6. The van der Waals surface area contributed by atoms with Gasteiger partial charge in [-0.2, -0.15) is 5.10 Å². The van der Waals surface area contributed by atoms with Gasteiger partial charge in [0, 0.05) is 10.6 Å². The molecule has 0 fully saturated rings. The average Bonchev–Trinajstić information content (AvgIpc) is 2.73. The smallest absolute Gasteiger partial charge is 0.277 e. The molecule has 3 rings (SSSR count). The SMILES string of the molecule is COc1ccc2ccc(OC)c(/C=N\NC(=O)COc3ccc(Cl)cc3)c2c1. The van der Waals surface area contributed by atoms with E-state index in [1.807, 2.05) is 30.3 Å². The van der Waals surface area contributed by atoms with Crippen LogP contribution >= 0.6 is 11.6 Å². The third-order valence-electron chi connectivity index (χ3n) is 4.02. The number of fused-ring (bicyclic) bond motifs is 1. The zero-order valence-electron chi connectivity index (χ0n) is 15.4.